The summed E-state index contributed by atoms with van der Waals surface area (Å²) in [5, 5.41) is 11.4. The van der Waals surface area contributed by atoms with Crippen LogP contribution in [-0.2, 0) is 0 Å². The van der Waals surface area contributed by atoms with Gasteiger partial charge in [0, 0.05) is 15.8 Å². The minimum absolute atomic E-state index is 0.0899. The molecule has 90 valence electrons. The molecule has 2 rings (SSSR count). The molecule has 4 nitrogen and oxygen atoms in total. The van der Waals surface area contributed by atoms with E-state index in [1.54, 1.807) is 18.4 Å². The first-order valence-corrected chi connectivity index (χ1v) is 6.17. The monoisotopic (exact) mass is 249 g/mol. The van der Waals surface area contributed by atoms with Crippen LogP contribution in [0.15, 0.2) is 24.3 Å². The molecule has 0 bridgehead atoms. The number of hydrogen-bond donors (Lipinski definition) is 1. The Morgan fingerprint density at radius 1 is 1.24 bits per heavy atom. The maximum Gasteiger partial charge on any atom is 0.233 e. The van der Waals surface area contributed by atoms with Crippen molar-refractivity contribution < 1.29 is 4.74 Å². The number of nitrogens with zero attached hydrogens (tertiary/aromatic N) is 2. The molecule has 0 amide bonds. The van der Waals surface area contributed by atoms with E-state index in [1.165, 1.54) is 9.75 Å². The molecule has 0 aromatic carbocycles. The summed E-state index contributed by atoms with van der Waals surface area (Å²) < 4.78 is 5.00. The summed E-state index contributed by atoms with van der Waals surface area (Å²) in [6.07, 6.45) is 0. The molecule has 0 radical (unpaired) electrons. The minimum Gasteiger partial charge on any atom is -0.480 e. The van der Waals surface area contributed by atoms with Crippen molar-refractivity contribution in [1.29, 1.82) is 0 Å². The summed E-state index contributed by atoms with van der Waals surface area (Å²) in [6.45, 7) is 2.10. The number of hydrogen-bond acceptors (Lipinski definition) is 5. The first-order valence-electron chi connectivity index (χ1n) is 5.36. The van der Waals surface area contributed by atoms with E-state index in [2.05, 4.69) is 34.6 Å². The van der Waals surface area contributed by atoms with Gasteiger partial charge in [-0.05, 0) is 32.2 Å². The molecule has 0 saturated carbocycles. The molecular formula is C12H15N3OS. The maximum atomic E-state index is 5.00. The highest BCUT2D eigenvalue weighted by atomic mass is 32.1. The molecule has 0 saturated heterocycles. The van der Waals surface area contributed by atoms with Crippen LogP contribution < -0.4 is 10.1 Å². The molecule has 0 aliphatic heterocycles. The summed E-state index contributed by atoms with van der Waals surface area (Å²) in [4.78, 5) is 2.53. The summed E-state index contributed by atoms with van der Waals surface area (Å²) >= 11 is 1.76. The van der Waals surface area contributed by atoms with Gasteiger partial charge in [0.25, 0.3) is 0 Å². The minimum atomic E-state index is 0.0899. The van der Waals surface area contributed by atoms with Crippen LogP contribution in [-0.4, -0.2) is 24.4 Å². The average Bonchev–Trinajstić information content (AvgIpc) is 2.78. The molecule has 1 N–H and O–H groups in total. The van der Waals surface area contributed by atoms with Gasteiger partial charge < -0.3 is 10.1 Å². The number of ether oxygens (including phenoxy) is 1. The van der Waals surface area contributed by atoms with Gasteiger partial charge in [0.2, 0.25) is 5.88 Å². The lowest BCUT2D eigenvalue weighted by Gasteiger charge is -2.13. The highest BCUT2D eigenvalue weighted by molar-refractivity contribution is 7.12. The lowest BCUT2D eigenvalue weighted by molar-refractivity contribution is 0.390. The van der Waals surface area contributed by atoms with Crippen LogP contribution in [0.5, 0.6) is 5.88 Å². The highest BCUT2D eigenvalue weighted by Crippen LogP contribution is 2.26. The third kappa shape index (κ3) is 2.62. The van der Waals surface area contributed by atoms with Gasteiger partial charge in [0.05, 0.1) is 18.8 Å². The number of rotatable bonds is 4. The number of aryl methyl sites for hydroxylation is 1. The fraction of sp³-hybridized carbons (Fsp3) is 0.333. The molecule has 0 aliphatic rings. The standard InChI is InChI=1S/C12H15N3OS/c1-8-4-6-10(17-8)12(13-2)9-5-7-11(16-3)15-14-9/h4-7,12-13H,1-3H3. The fourth-order valence-electron chi connectivity index (χ4n) is 1.64. The Morgan fingerprint density at radius 2 is 2.06 bits per heavy atom. The van der Waals surface area contributed by atoms with Crippen molar-refractivity contribution >= 4 is 11.3 Å². The topological polar surface area (TPSA) is 47.0 Å². The Bertz CT molecular complexity index is 481. The number of aromatic nitrogens is 2. The van der Waals surface area contributed by atoms with Crippen molar-refractivity contribution in [3.8, 4) is 5.88 Å². The maximum absolute atomic E-state index is 5.00. The predicted molar refractivity (Wildman–Crippen MR) is 68.5 cm³/mol. The Kier molecular flexibility index (Phi) is 3.71. The number of nitrogens with one attached hydrogen (secondary N) is 1. The third-order valence-corrected chi connectivity index (χ3v) is 3.57. The van der Waals surface area contributed by atoms with Gasteiger partial charge in [0.1, 0.15) is 0 Å². The largest absolute Gasteiger partial charge is 0.480 e. The van der Waals surface area contributed by atoms with Gasteiger partial charge >= 0.3 is 0 Å². The Morgan fingerprint density at radius 3 is 2.53 bits per heavy atom. The van der Waals surface area contributed by atoms with Crippen molar-refractivity contribution in [3.63, 3.8) is 0 Å². The first-order chi connectivity index (χ1) is 8.24. The predicted octanol–water partition coefficient (Wildman–Crippen LogP) is 2.16. The van der Waals surface area contributed by atoms with Crippen molar-refractivity contribution in [1.82, 2.24) is 15.5 Å². The van der Waals surface area contributed by atoms with Crippen LogP contribution >= 0.6 is 11.3 Å². The molecule has 1 atom stereocenters. The van der Waals surface area contributed by atoms with Crippen molar-refractivity contribution in [2.45, 2.75) is 13.0 Å². The van der Waals surface area contributed by atoms with Crippen LogP contribution in [0.2, 0.25) is 0 Å². The Hall–Kier alpha value is -1.46. The third-order valence-electron chi connectivity index (χ3n) is 2.50. The van der Waals surface area contributed by atoms with Crippen molar-refractivity contribution in [2.24, 2.45) is 0 Å². The smallest absolute Gasteiger partial charge is 0.233 e. The molecule has 2 heterocycles. The lowest BCUT2D eigenvalue weighted by atomic mass is 10.1. The van der Waals surface area contributed by atoms with Gasteiger partial charge in [-0.2, -0.15) is 0 Å². The highest BCUT2D eigenvalue weighted by Gasteiger charge is 2.15. The van der Waals surface area contributed by atoms with Crippen LogP contribution in [0.1, 0.15) is 21.5 Å². The first kappa shape index (κ1) is 12.0. The zero-order chi connectivity index (χ0) is 12.3. The van der Waals surface area contributed by atoms with E-state index >= 15 is 0 Å². The molecular weight excluding hydrogens is 234 g/mol. The second-order valence-electron chi connectivity index (χ2n) is 3.67. The molecule has 1 unspecified atom stereocenters. The lowest BCUT2D eigenvalue weighted by Crippen LogP contribution is -2.18. The van der Waals surface area contributed by atoms with E-state index in [1.807, 2.05) is 19.2 Å². The van der Waals surface area contributed by atoms with E-state index in [0.717, 1.165) is 5.69 Å². The van der Waals surface area contributed by atoms with Crippen molar-refractivity contribution in [2.75, 3.05) is 14.2 Å². The van der Waals surface area contributed by atoms with Crippen LogP contribution in [0.25, 0.3) is 0 Å². The number of thiophene rings is 1. The second kappa shape index (κ2) is 5.25. The fourth-order valence-corrected chi connectivity index (χ4v) is 2.64. The van der Waals surface area contributed by atoms with E-state index in [9.17, 15) is 0 Å². The van der Waals surface area contributed by atoms with Crippen LogP contribution in [0, 0.1) is 6.92 Å². The van der Waals surface area contributed by atoms with Crippen LogP contribution in [0.4, 0.5) is 0 Å². The van der Waals surface area contributed by atoms with E-state index < -0.39 is 0 Å². The van der Waals surface area contributed by atoms with Gasteiger partial charge in [-0.25, -0.2) is 0 Å². The molecule has 2 aromatic heterocycles. The van der Waals surface area contributed by atoms with Gasteiger partial charge in [-0.3, -0.25) is 0 Å². The molecule has 2 aromatic rings. The van der Waals surface area contributed by atoms with Gasteiger partial charge in [-0.15, -0.1) is 21.5 Å². The average molecular weight is 249 g/mol. The summed E-state index contributed by atoms with van der Waals surface area (Å²) in [5.41, 5.74) is 0.898. The normalized spacial score (nSPS) is 12.4. The Labute approximate surface area is 105 Å². The summed E-state index contributed by atoms with van der Waals surface area (Å²) in [5.74, 6) is 0.533. The van der Waals surface area contributed by atoms with E-state index in [0.29, 0.717) is 5.88 Å². The van der Waals surface area contributed by atoms with E-state index in [4.69, 9.17) is 4.74 Å². The SMILES string of the molecule is CNC(c1ccc(OC)nn1)c1ccc(C)s1. The quantitative estimate of drug-likeness (QED) is 0.902. The molecule has 17 heavy (non-hydrogen) atoms. The van der Waals surface area contributed by atoms with E-state index in [-0.39, 0.29) is 6.04 Å². The Balaban J connectivity index is 2.28. The summed E-state index contributed by atoms with van der Waals surface area (Å²) in [6, 6.07) is 8.08. The van der Waals surface area contributed by atoms with Gasteiger partial charge in [0.15, 0.2) is 0 Å². The molecule has 5 heteroatoms. The van der Waals surface area contributed by atoms with Gasteiger partial charge in [-0.1, -0.05) is 0 Å². The van der Waals surface area contributed by atoms with Crippen molar-refractivity contribution in [3.05, 3.63) is 39.7 Å². The zero-order valence-electron chi connectivity index (χ0n) is 10.1. The molecule has 0 fully saturated rings. The summed E-state index contributed by atoms with van der Waals surface area (Å²) in [7, 11) is 3.51. The number of methoxy groups -OCH3 is 1. The zero-order valence-corrected chi connectivity index (χ0v) is 10.9. The van der Waals surface area contributed by atoms with Crippen LogP contribution in [0.3, 0.4) is 0 Å². The molecule has 0 spiro atoms. The molecule has 0 aliphatic carbocycles. The second-order valence-corrected chi connectivity index (χ2v) is 4.99.